The highest BCUT2D eigenvalue weighted by atomic mass is 32.1. The van der Waals surface area contributed by atoms with Gasteiger partial charge in [-0.05, 0) is 13.3 Å². The van der Waals surface area contributed by atoms with Crippen molar-refractivity contribution in [3.63, 3.8) is 0 Å². The molecule has 2 amide bonds. The zero-order valence-electron chi connectivity index (χ0n) is 10.3. The minimum absolute atomic E-state index is 0.102. The van der Waals surface area contributed by atoms with E-state index in [0.29, 0.717) is 24.5 Å². The summed E-state index contributed by atoms with van der Waals surface area (Å²) in [4.78, 5) is 28.4. The van der Waals surface area contributed by atoms with Crippen molar-refractivity contribution in [1.82, 2.24) is 9.88 Å². The Morgan fingerprint density at radius 1 is 1.72 bits per heavy atom. The molecule has 1 aromatic rings. The molecular formula is C11H15N3O3S. The van der Waals surface area contributed by atoms with Crippen LogP contribution in [0.15, 0.2) is 5.38 Å². The molecule has 1 atom stereocenters. The molecule has 2 rings (SSSR count). The number of likely N-dealkylation sites (N-methyl/N-ethyl adjacent to an activating group) is 1. The van der Waals surface area contributed by atoms with E-state index in [9.17, 15) is 9.59 Å². The number of thiazole rings is 1. The zero-order valence-corrected chi connectivity index (χ0v) is 11.1. The van der Waals surface area contributed by atoms with Crippen LogP contribution in [-0.2, 0) is 9.53 Å². The highest BCUT2D eigenvalue weighted by Gasteiger charge is 2.28. The summed E-state index contributed by atoms with van der Waals surface area (Å²) in [6.07, 6.45) is 0.346. The molecule has 0 saturated carbocycles. The number of rotatable bonds is 4. The fourth-order valence-electron chi connectivity index (χ4n) is 1.69. The van der Waals surface area contributed by atoms with Gasteiger partial charge in [0.25, 0.3) is 0 Å². The molecule has 1 aliphatic rings. The third-order valence-corrected chi connectivity index (χ3v) is 3.49. The average Bonchev–Trinajstić information content (AvgIpc) is 2.84. The van der Waals surface area contributed by atoms with Crippen LogP contribution in [0.2, 0.25) is 0 Å². The molecule has 2 heterocycles. The molecular weight excluding hydrogens is 254 g/mol. The van der Waals surface area contributed by atoms with Gasteiger partial charge in [0.05, 0.1) is 12.2 Å². The van der Waals surface area contributed by atoms with Gasteiger partial charge in [-0.3, -0.25) is 4.79 Å². The van der Waals surface area contributed by atoms with Crippen LogP contribution >= 0.6 is 11.3 Å². The fraction of sp³-hybridized carbons (Fsp3) is 0.545. The van der Waals surface area contributed by atoms with E-state index in [2.05, 4.69) is 10.3 Å². The Balaban J connectivity index is 1.74. The lowest BCUT2D eigenvalue weighted by molar-refractivity contribution is -0.116. The first kappa shape index (κ1) is 12.8. The lowest BCUT2D eigenvalue weighted by Gasteiger charge is -2.07. The molecule has 1 fully saturated rings. The zero-order chi connectivity index (χ0) is 13.1. The molecule has 0 radical (unpaired) electrons. The summed E-state index contributed by atoms with van der Waals surface area (Å²) in [5.41, 5.74) is 0.890. The molecule has 1 N–H and O–H groups in total. The summed E-state index contributed by atoms with van der Waals surface area (Å²) in [5, 5.41) is 5.21. The van der Waals surface area contributed by atoms with Crippen LogP contribution < -0.4 is 5.32 Å². The second-order valence-corrected chi connectivity index (χ2v) is 5.13. The van der Waals surface area contributed by atoms with Gasteiger partial charge in [0, 0.05) is 18.8 Å². The maximum atomic E-state index is 11.6. The quantitative estimate of drug-likeness (QED) is 0.901. The summed E-state index contributed by atoms with van der Waals surface area (Å²) in [6.45, 7) is 2.42. The van der Waals surface area contributed by atoms with Crippen LogP contribution in [0.5, 0.6) is 0 Å². The molecule has 98 valence electrons. The van der Waals surface area contributed by atoms with E-state index < -0.39 is 0 Å². The Labute approximate surface area is 109 Å². The van der Waals surface area contributed by atoms with Crippen LogP contribution in [0.1, 0.15) is 18.5 Å². The Morgan fingerprint density at radius 2 is 2.50 bits per heavy atom. The van der Waals surface area contributed by atoms with Crippen molar-refractivity contribution in [2.45, 2.75) is 25.9 Å². The van der Waals surface area contributed by atoms with E-state index in [0.717, 1.165) is 5.69 Å². The molecule has 0 spiro atoms. The van der Waals surface area contributed by atoms with Crippen molar-refractivity contribution in [2.24, 2.45) is 0 Å². The summed E-state index contributed by atoms with van der Waals surface area (Å²) in [7, 11) is 1.68. The number of cyclic esters (lactones) is 1. The molecule has 1 aliphatic heterocycles. The van der Waals surface area contributed by atoms with Gasteiger partial charge in [-0.2, -0.15) is 0 Å². The third kappa shape index (κ3) is 3.19. The monoisotopic (exact) mass is 269 g/mol. The fourth-order valence-corrected chi connectivity index (χ4v) is 2.39. The van der Waals surface area contributed by atoms with Gasteiger partial charge in [-0.1, -0.05) is 0 Å². The van der Waals surface area contributed by atoms with Crippen molar-refractivity contribution in [3.05, 3.63) is 11.1 Å². The van der Waals surface area contributed by atoms with Gasteiger partial charge in [0.15, 0.2) is 5.13 Å². The molecule has 18 heavy (non-hydrogen) atoms. The minimum atomic E-state index is -0.323. The predicted molar refractivity (Wildman–Crippen MR) is 67.6 cm³/mol. The molecule has 0 bridgehead atoms. The van der Waals surface area contributed by atoms with Crippen LogP contribution in [0, 0.1) is 6.92 Å². The largest absolute Gasteiger partial charge is 0.444 e. The lowest BCUT2D eigenvalue weighted by atomic mass is 10.2. The number of aromatic nitrogens is 1. The highest BCUT2D eigenvalue weighted by molar-refractivity contribution is 7.13. The van der Waals surface area contributed by atoms with E-state index in [1.54, 1.807) is 7.05 Å². The van der Waals surface area contributed by atoms with Crippen LogP contribution in [0.25, 0.3) is 0 Å². The van der Waals surface area contributed by atoms with E-state index in [1.807, 2.05) is 12.3 Å². The van der Waals surface area contributed by atoms with Gasteiger partial charge in [-0.15, -0.1) is 11.3 Å². The SMILES string of the molecule is Cc1csc(NC(=O)CCC2CN(C)C(=O)O2)n1. The first-order valence-electron chi connectivity index (χ1n) is 5.68. The molecule has 1 aromatic heterocycles. The van der Waals surface area contributed by atoms with Gasteiger partial charge in [0.2, 0.25) is 5.91 Å². The first-order valence-corrected chi connectivity index (χ1v) is 6.56. The lowest BCUT2D eigenvalue weighted by Crippen LogP contribution is -2.20. The molecule has 6 nitrogen and oxygen atoms in total. The van der Waals surface area contributed by atoms with E-state index >= 15 is 0 Å². The second-order valence-electron chi connectivity index (χ2n) is 4.27. The van der Waals surface area contributed by atoms with Crippen molar-refractivity contribution in [2.75, 3.05) is 18.9 Å². The standard InChI is InChI=1S/C11H15N3O3S/c1-7-6-18-10(12-7)13-9(15)4-3-8-5-14(2)11(16)17-8/h6,8H,3-5H2,1-2H3,(H,12,13,15). The number of carbonyl (C=O) groups excluding carboxylic acids is 2. The van der Waals surface area contributed by atoms with Crippen molar-refractivity contribution >= 4 is 28.5 Å². The molecule has 0 aliphatic carbocycles. The van der Waals surface area contributed by atoms with E-state index in [4.69, 9.17) is 4.74 Å². The maximum Gasteiger partial charge on any atom is 0.409 e. The Kier molecular flexibility index (Phi) is 3.81. The molecule has 1 unspecified atom stereocenters. The topological polar surface area (TPSA) is 71.5 Å². The minimum Gasteiger partial charge on any atom is -0.444 e. The van der Waals surface area contributed by atoms with Crippen LogP contribution in [-0.4, -0.2) is 41.6 Å². The molecule has 7 heteroatoms. The van der Waals surface area contributed by atoms with Crippen molar-refractivity contribution < 1.29 is 14.3 Å². The van der Waals surface area contributed by atoms with Crippen LogP contribution in [0.4, 0.5) is 9.93 Å². The smallest absolute Gasteiger partial charge is 0.409 e. The second kappa shape index (κ2) is 5.34. The number of hydrogen-bond acceptors (Lipinski definition) is 5. The highest BCUT2D eigenvalue weighted by Crippen LogP contribution is 2.17. The predicted octanol–water partition coefficient (Wildman–Crippen LogP) is 1.62. The van der Waals surface area contributed by atoms with Crippen molar-refractivity contribution in [3.8, 4) is 0 Å². The van der Waals surface area contributed by atoms with Crippen molar-refractivity contribution in [1.29, 1.82) is 0 Å². The summed E-state index contributed by atoms with van der Waals surface area (Å²) < 4.78 is 5.07. The Hall–Kier alpha value is -1.63. The van der Waals surface area contributed by atoms with Crippen LogP contribution in [0.3, 0.4) is 0 Å². The van der Waals surface area contributed by atoms with E-state index in [-0.39, 0.29) is 18.1 Å². The number of nitrogens with zero attached hydrogens (tertiary/aromatic N) is 2. The third-order valence-electron chi connectivity index (χ3n) is 2.62. The number of carbonyl (C=O) groups is 2. The summed E-state index contributed by atoms with van der Waals surface area (Å²) in [6, 6.07) is 0. The first-order chi connectivity index (χ1) is 8.54. The van der Waals surface area contributed by atoms with Gasteiger partial charge < -0.3 is 15.0 Å². The average molecular weight is 269 g/mol. The normalized spacial score (nSPS) is 18.9. The number of amides is 2. The van der Waals surface area contributed by atoms with Gasteiger partial charge >= 0.3 is 6.09 Å². The van der Waals surface area contributed by atoms with E-state index in [1.165, 1.54) is 16.2 Å². The molecule has 1 saturated heterocycles. The number of aryl methyl sites for hydroxylation is 1. The number of nitrogens with one attached hydrogen (secondary N) is 1. The summed E-state index contributed by atoms with van der Waals surface area (Å²) in [5.74, 6) is -0.102. The number of hydrogen-bond donors (Lipinski definition) is 1. The Morgan fingerprint density at radius 3 is 3.06 bits per heavy atom. The van der Waals surface area contributed by atoms with Gasteiger partial charge in [-0.25, -0.2) is 9.78 Å². The number of ether oxygens (including phenoxy) is 1. The Bertz CT molecular complexity index is 460. The number of anilines is 1. The summed E-state index contributed by atoms with van der Waals surface area (Å²) >= 11 is 1.40. The molecule has 0 aromatic carbocycles. The maximum absolute atomic E-state index is 11.6. The van der Waals surface area contributed by atoms with Gasteiger partial charge in [0.1, 0.15) is 6.10 Å².